The van der Waals surface area contributed by atoms with Crippen LogP contribution >= 0.6 is 0 Å². The number of rotatable bonds is 9. The first kappa shape index (κ1) is 21.0. The van der Waals surface area contributed by atoms with Gasteiger partial charge in [0.25, 0.3) is 0 Å². The SMILES string of the molecule is CCOC(=O)CCC(NS(=O)(=O)c1ccc(F)cc1F)C(=O)OCC. The van der Waals surface area contributed by atoms with Crippen LogP contribution < -0.4 is 4.72 Å². The number of carbonyl (C=O) groups excluding carboxylic acids is 2. The topological polar surface area (TPSA) is 98.8 Å². The van der Waals surface area contributed by atoms with Crippen LogP contribution in [-0.4, -0.2) is 39.6 Å². The van der Waals surface area contributed by atoms with E-state index in [4.69, 9.17) is 9.47 Å². The Kier molecular flexibility index (Phi) is 7.91. The molecular formula is C15H19F2NO6S. The smallest absolute Gasteiger partial charge is 0.324 e. The van der Waals surface area contributed by atoms with Crippen LogP contribution in [0.3, 0.4) is 0 Å². The average Bonchev–Trinajstić information content (AvgIpc) is 2.51. The second-order valence-electron chi connectivity index (χ2n) is 4.84. The van der Waals surface area contributed by atoms with E-state index in [9.17, 15) is 26.8 Å². The maximum Gasteiger partial charge on any atom is 0.324 e. The van der Waals surface area contributed by atoms with Gasteiger partial charge in [-0.1, -0.05) is 0 Å². The van der Waals surface area contributed by atoms with Crippen LogP contribution in [0.15, 0.2) is 23.1 Å². The van der Waals surface area contributed by atoms with E-state index in [1.807, 2.05) is 4.72 Å². The zero-order chi connectivity index (χ0) is 19.0. The van der Waals surface area contributed by atoms with E-state index in [0.717, 1.165) is 12.1 Å². The second-order valence-corrected chi connectivity index (χ2v) is 6.53. The van der Waals surface area contributed by atoms with Gasteiger partial charge in [-0.3, -0.25) is 9.59 Å². The van der Waals surface area contributed by atoms with E-state index in [1.165, 1.54) is 6.92 Å². The van der Waals surface area contributed by atoms with Crippen LogP contribution in [0.25, 0.3) is 0 Å². The van der Waals surface area contributed by atoms with Gasteiger partial charge in [-0.05, 0) is 32.4 Å². The van der Waals surface area contributed by atoms with Gasteiger partial charge in [0.2, 0.25) is 10.0 Å². The lowest BCUT2D eigenvalue weighted by atomic mass is 10.2. The quantitative estimate of drug-likeness (QED) is 0.653. The fourth-order valence-electron chi connectivity index (χ4n) is 1.91. The lowest BCUT2D eigenvalue weighted by Gasteiger charge is -2.17. The van der Waals surface area contributed by atoms with Gasteiger partial charge in [-0.25, -0.2) is 17.2 Å². The number of sulfonamides is 1. The average molecular weight is 379 g/mol. The molecule has 25 heavy (non-hydrogen) atoms. The number of esters is 2. The minimum absolute atomic E-state index is 0.0125. The molecule has 0 saturated heterocycles. The summed E-state index contributed by atoms with van der Waals surface area (Å²) in [6.07, 6.45) is -0.481. The van der Waals surface area contributed by atoms with E-state index < -0.39 is 44.5 Å². The van der Waals surface area contributed by atoms with Gasteiger partial charge >= 0.3 is 11.9 Å². The third kappa shape index (κ3) is 6.39. The number of carbonyl (C=O) groups is 2. The number of hydrogen-bond acceptors (Lipinski definition) is 6. The van der Waals surface area contributed by atoms with Gasteiger partial charge in [0.15, 0.2) is 0 Å². The summed E-state index contributed by atoms with van der Waals surface area (Å²) < 4.78 is 62.6. The monoisotopic (exact) mass is 379 g/mol. The van der Waals surface area contributed by atoms with Gasteiger partial charge in [0.1, 0.15) is 22.6 Å². The maximum atomic E-state index is 13.7. The van der Waals surface area contributed by atoms with Crippen LogP contribution in [0.4, 0.5) is 8.78 Å². The Morgan fingerprint density at radius 1 is 1.16 bits per heavy atom. The predicted octanol–water partition coefficient (Wildman–Crippen LogP) is 1.52. The minimum atomic E-state index is -4.48. The van der Waals surface area contributed by atoms with Gasteiger partial charge < -0.3 is 9.47 Å². The summed E-state index contributed by atoms with van der Waals surface area (Å²) in [5.74, 6) is -3.79. The maximum absolute atomic E-state index is 13.7. The summed E-state index contributed by atoms with van der Waals surface area (Å²) in [4.78, 5) is 22.5. The molecule has 1 N–H and O–H groups in total. The molecule has 140 valence electrons. The predicted molar refractivity (Wildman–Crippen MR) is 83.0 cm³/mol. The Labute approximate surface area is 144 Å². The first-order valence-corrected chi connectivity index (χ1v) is 8.99. The molecule has 0 aliphatic carbocycles. The van der Waals surface area contributed by atoms with Crippen molar-refractivity contribution in [3.63, 3.8) is 0 Å². The summed E-state index contributed by atoms with van der Waals surface area (Å²) in [7, 11) is -4.48. The molecule has 1 aromatic carbocycles. The molecule has 0 aliphatic heterocycles. The molecule has 0 heterocycles. The van der Waals surface area contributed by atoms with E-state index in [2.05, 4.69) is 0 Å². The molecule has 0 radical (unpaired) electrons. The van der Waals surface area contributed by atoms with E-state index >= 15 is 0 Å². The number of halogens is 2. The Morgan fingerprint density at radius 3 is 2.36 bits per heavy atom. The van der Waals surface area contributed by atoms with Crippen molar-refractivity contribution < 1.29 is 36.3 Å². The summed E-state index contributed by atoms with van der Waals surface area (Å²) >= 11 is 0. The van der Waals surface area contributed by atoms with E-state index in [1.54, 1.807) is 6.92 Å². The molecule has 0 saturated carbocycles. The third-order valence-corrected chi connectivity index (χ3v) is 4.50. The van der Waals surface area contributed by atoms with Crippen LogP contribution in [-0.2, 0) is 29.1 Å². The molecule has 0 fully saturated rings. The summed E-state index contributed by atoms with van der Waals surface area (Å²) in [6, 6.07) is 0.502. The van der Waals surface area contributed by atoms with E-state index in [0.29, 0.717) is 6.07 Å². The highest BCUT2D eigenvalue weighted by molar-refractivity contribution is 7.89. The molecule has 0 spiro atoms. The summed E-state index contributed by atoms with van der Waals surface area (Å²) in [5.41, 5.74) is 0. The first-order valence-electron chi connectivity index (χ1n) is 7.50. The van der Waals surface area contributed by atoms with Crippen molar-refractivity contribution in [1.82, 2.24) is 4.72 Å². The lowest BCUT2D eigenvalue weighted by Crippen LogP contribution is -2.42. The normalized spacial score (nSPS) is 12.5. The van der Waals surface area contributed by atoms with Gasteiger partial charge in [0, 0.05) is 12.5 Å². The van der Waals surface area contributed by atoms with Crippen molar-refractivity contribution in [2.24, 2.45) is 0 Å². The highest BCUT2D eigenvalue weighted by Gasteiger charge is 2.29. The highest BCUT2D eigenvalue weighted by atomic mass is 32.2. The Bertz CT molecular complexity index is 723. The lowest BCUT2D eigenvalue weighted by molar-refractivity contribution is -0.146. The molecule has 0 bridgehead atoms. The standard InChI is InChI=1S/C15H19F2NO6S/c1-3-23-14(19)8-6-12(15(20)24-4-2)18-25(21,22)13-7-5-10(16)9-11(13)17/h5,7,9,12,18H,3-4,6,8H2,1-2H3. The molecule has 0 aromatic heterocycles. The van der Waals surface area contributed by atoms with Crippen molar-refractivity contribution in [3.05, 3.63) is 29.8 Å². The first-order chi connectivity index (χ1) is 11.7. The molecule has 1 aromatic rings. The van der Waals surface area contributed by atoms with Crippen LogP contribution in [0.5, 0.6) is 0 Å². The second kappa shape index (κ2) is 9.42. The minimum Gasteiger partial charge on any atom is -0.466 e. The number of nitrogens with one attached hydrogen (secondary N) is 1. The highest BCUT2D eigenvalue weighted by Crippen LogP contribution is 2.17. The fraction of sp³-hybridized carbons (Fsp3) is 0.467. The molecule has 7 nitrogen and oxygen atoms in total. The fourth-order valence-corrected chi connectivity index (χ4v) is 3.19. The zero-order valence-electron chi connectivity index (χ0n) is 13.8. The van der Waals surface area contributed by atoms with Crippen molar-refractivity contribution in [2.45, 2.75) is 37.6 Å². The molecule has 0 amide bonds. The summed E-state index contributed by atoms with van der Waals surface area (Å²) in [6.45, 7) is 3.24. The van der Waals surface area contributed by atoms with Crippen LogP contribution in [0, 0.1) is 11.6 Å². The Morgan fingerprint density at radius 2 is 1.80 bits per heavy atom. The number of ether oxygens (including phenoxy) is 2. The van der Waals surface area contributed by atoms with E-state index in [-0.39, 0.29) is 26.1 Å². The van der Waals surface area contributed by atoms with Crippen LogP contribution in [0.1, 0.15) is 26.7 Å². The number of benzene rings is 1. The number of hydrogen-bond donors (Lipinski definition) is 1. The third-order valence-electron chi connectivity index (χ3n) is 2.99. The molecule has 1 unspecified atom stereocenters. The largest absolute Gasteiger partial charge is 0.466 e. The zero-order valence-corrected chi connectivity index (χ0v) is 14.6. The van der Waals surface area contributed by atoms with Gasteiger partial charge in [0.05, 0.1) is 13.2 Å². The molecule has 0 aliphatic rings. The van der Waals surface area contributed by atoms with Gasteiger partial charge in [-0.2, -0.15) is 4.72 Å². The summed E-state index contributed by atoms with van der Waals surface area (Å²) in [5, 5.41) is 0. The molecular weight excluding hydrogens is 360 g/mol. The van der Waals surface area contributed by atoms with Crippen molar-refractivity contribution in [1.29, 1.82) is 0 Å². The molecule has 10 heteroatoms. The van der Waals surface area contributed by atoms with Crippen LogP contribution in [0.2, 0.25) is 0 Å². The molecule has 1 rings (SSSR count). The molecule has 1 atom stereocenters. The van der Waals surface area contributed by atoms with Crippen molar-refractivity contribution >= 4 is 22.0 Å². The van der Waals surface area contributed by atoms with Gasteiger partial charge in [-0.15, -0.1) is 0 Å². The van der Waals surface area contributed by atoms with Crippen molar-refractivity contribution in [3.8, 4) is 0 Å². The van der Waals surface area contributed by atoms with Crippen molar-refractivity contribution in [2.75, 3.05) is 13.2 Å². The Balaban J connectivity index is 2.98. The Hall–Kier alpha value is -2.07.